The normalized spacial score (nSPS) is 11.1. The van der Waals surface area contributed by atoms with Gasteiger partial charge in [0.25, 0.3) is 5.56 Å². The van der Waals surface area contributed by atoms with Crippen LogP contribution < -0.4 is 22.3 Å². The van der Waals surface area contributed by atoms with Crippen molar-refractivity contribution in [3.05, 3.63) is 56.2 Å². The van der Waals surface area contributed by atoms with E-state index in [-0.39, 0.29) is 23.1 Å². The Kier molecular flexibility index (Phi) is 6.96. The lowest BCUT2D eigenvalue weighted by Gasteiger charge is -2.15. The van der Waals surface area contributed by atoms with Crippen molar-refractivity contribution in [3.63, 3.8) is 0 Å². The van der Waals surface area contributed by atoms with Crippen molar-refractivity contribution in [1.82, 2.24) is 19.3 Å². The van der Waals surface area contributed by atoms with Crippen molar-refractivity contribution >= 4 is 45.5 Å². The summed E-state index contributed by atoms with van der Waals surface area (Å²) >= 11 is 2.47. The van der Waals surface area contributed by atoms with Crippen LogP contribution in [-0.2, 0) is 13.6 Å². The lowest BCUT2D eigenvalue weighted by Crippen LogP contribution is -2.43. The van der Waals surface area contributed by atoms with Crippen LogP contribution in [0.1, 0.15) is 29.8 Å². The molecular formula is C20H24N6O3S2. The number of nitrogens with zero attached hydrogens (tertiary/aromatic N) is 4. The highest BCUT2D eigenvalue weighted by molar-refractivity contribution is 8.01. The molecule has 0 saturated carbocycles. The second-order valence-electron chi connectivity index (χ2n) is 7.49. The van der Waals surface area contributed by atoms with Gasteiger partial charge in [0.2, 0.25) is 5.13 Å². The van der Waals surface area contributed by atoms with E-state index in [0.717, 1.165) is 15.8 Å². The van der Waals surface area contributed by atoms with E-state index >= 15 is 0 Å². The lowest BCUT2D eigenvalue weighted by molar-refractivity contribution is 0.102. The summed E-state index contributed by atoms with van der Waals surface area (Å²) in [5.41, 5.74) is 6.71. The molecule has 0 aliphatic rings. The summed E-state index contributed by atoms with van der Waals surface area (Å²) < 4.78 is 2.78. The van der Waals surface area contributed by atoms with E-state index in [0.29, 0.717) is 16.0 Å². The molecule has 2 aromatic heterocycles. The molecule has 3 aromatic rings. The molecule has 3 N–H and O–H groups in total. The predicted octanol–water partition coefficient (Wildman–Crippen LogP) is 2.66. The van der Waals surface area contributed by atoms with Crippen molar-refractivity contribution in [2.75, 3.05) is 16.8 Å². The van der Waals surface area contributed by atoms with Crippen LogP contribution in [0.2, 0.25) is 0 Å². The Morgan fingerprint density at radius 2 is 1.90 bits per heavy atom. The predicted molar refractivity (Wildman–Crippen MR) is 125 cm³/mol. The minimum Gasteiger partial charge on any atom is -0.384 e. The molecule has 0 atom stereocenters. The van der Waals surface area contributed by atoms with Crippen molar-refractivity contribution in [2.45, 2.75) is 31.7 Å². The van der Waals surface area contributed by atoms with Gasteiger partial charge in [-0.25, -0.2) is 4.79 Å². The fourth-order valence-electron chi connectivity index (χ4n) is 2.87. The number of benzene rings is 1. The Morgan fingerprint density at radius 1 is 1.23 bits per heavy atom. The molecule has 0 aliphatic heterocycles. The number of rotatable bonds is 8. The largest absolute Gasteiger partial charge is 0.384 e. The van der Waals surface area contributed by atoms with Crippen molar-refractivity contribution in [2.24, 2.45) is 13.0 Å². The number of Topliss-reactive ketones (excluding diaryl/α,β-unsaturated/α-hetero) is 1. The van der Waals surface area contributed by atoms with Gasteiger partial charge < -0.3 is 11.1 Å². The molecule has 11 heteroatoms. The van der Waals surface area contributed by atoms with Crippen LogP contribution in [0.25, 0.3) is 0 Å². The maximum Gasteiger partial charge on any atom is 0.332 e. The number of aryl methyl sites for hydroxylation is 1. The molecule has 0 radical (unpaired) electrons. The van der Waals surface area contributed by atoms with E-state index in [1.54, 1.807) is 0 Å². The van der Waals surface area contributed by atoms with Crippen molar-refractivity contribution < 1.29 is 4.79 Å². The van der Waals surface area contributed by atoms with Crippen LogP contribution in [0, 0.1) is 12.8 Å². The molecule has 3 rings (SSSR count). The SMILES string of the molecule is Cc1ccc(Nc2nnc(SCC(=O)c3c(N)n(CC(C)C)c(=O)n(C)c3=O)s2)cc1. The number of carbonyl (C=O) groups excluding carboxylic acids is 1. The number of ketones is 1. The zero-order chi connectivity index (χ0) is 22.7. The number of hydrogen-bond donors (Lipinski definition) is 2. The van der Waals surface area contributed by atoms with Gasteiger partial charge in [0.15, 0.2) is 10.1 Å². The van der Waals surface area contributed by atoms with Crippen molar-refractivity contribution in [1.29, 1.82) is 0 Å². The van der Waals surface area contributed by atoms with E-state index in [4.69, 9.17) is 5.73 Å². The third kappa shape index (κ3) is 5.23. The van der Waals surface area contributed by atoms with Crippen molar-refractivity contribution in [3.8, 4) is 0 Å². The fraction of sp³-hybridized carbons (Fsp3) is 0.350. The Labute approximate surface area is 187 Å². The Hall–Kier alpha value is -2.92. The van der Waals surface area contributed by atoms with Crippen LogP contribution in [0.4, 0.5) is 16.6 Å². The molecule has 31 heavy (non-hydrogen) atoms. The summed E-state index contributed by atoms with van der Waals surface area (Å²) in [6.45, 7) is 6.17. The van der Waals surface area contributed by atoms with Gasteiger partial charge in [0, 0.05) is 19.3 Å². The third-order valence-corrected chi connectivity index (χ3v) is 6.42. The highest BCUT2D eigenvalue weighted by Gasteiger charge is 2.22. The second kappa shape index (κ2) is 9.48. The van der Waals surface area contributed by atoms with Crippen LogP contribution in [0.5, 0.6) is 0 Å². The number of nitrogens with two attached hydrogens (primary N) is 1. The quantitative estimate of drug-likeness (QED) is 0.388. The molecule has 0 aliphatic carbocycles. The third-order valence-electron chi connectivity index (χ3n) is 4.45. The Morgan fingerprint density at radius 3 is 2.55 bits per heavy atom. The molecule has 0 amide bonds. The lowest BCUT2D eigenvalue weighted by atomic mass is 10.2. The maximum absolute atomic E-state index is 12.8. The summed E-state index contributed by atoms with van der Waals surface area (Å²) in [5.74, 6) is -0.468. The first kappa shape index (κ1) is 22.8. The molecule has 0 bridgehead atoms. The summed E-state index contributed by atoms with van der Waals surface area (Å²) in [6.07, 6.45) is 0. The van der Waals surface area contributed by atoms with Crippen LogP contribution >= 0.6 is 23.1 Å². The first-order valence-electron chi connectivity index (χ1n) is 9.60. The van der Waals surface area contributed by atoms with E-state index in [1.165, 1.54) is 34.7 Å². The fourth-order valence-corrected chi connectivity index (χ4v) is 4.51. The zero-order valence-electron chi connectivity index (χ0n) is 17.7. The standard InChI is InChI=1S/C20H24N6O3S2/c1-11(2)9-26-16(21)15(17(28)25(4)20(26)29)14(27)10-30-19-24-23-18(31-19)22-13-7-5-12(3)6-8-13/h5-8,11H,9-10,21H2,1-4H3,(H,22,23). The monoisotopic (exact) mass is 460 g/mol. The number of nitrogen functional groups attached to an aromatic ring is 1. The summed E-state index contributed by atoms with van der Waals surface area (Å²) in [7, 11) is 1.35. The van der Waals surface area contributed by atoms with E-state index in [9.17, 15) is 14.4 Å². The van der Waals surface area contributed by atoms with E-state index < -0.39 is 17.0 Å². The average molecular weight is 461 g/mol. The topological polar surface area (TPSA) is 125 Å². The zero-order valence-corrected chi connectivity index (χ0v) is 19.3. The Balaban J connectivity index is 1.75. The van der Waals surface area contributed by atoms with E-state index in [1.807, 2.05) is 45.0 Å². The van der Waals surface area contributed by atoms with Crippen LogP contribution in [0.3, 0.4) is 0 Å². The molecule has 2 heterocycles. The minimum absolute atomic E-state index is 0.0432. The maximum atomic E-state index is 12.8. The van der Waals surface area contributed by atoms with Gasteiger partial charge in [-0.05, 0) is 25.0 Å². The Bertz CT molecular complexity index is 1210. The smallest absolute Gasteiger partial charge is 0.332 e. The molecule has 0 fully saturated rings. The van der Waals surface area contributed by atoms with Gasteiger partial charge in [-0.3, -0.25) is 18.7 Å². The first-order valence-corrected chi connectivity index (χ1v) is 11.4. The number of aromatic nitrogens is 4. The van der Waals surface area contributed by atoms with Gasteiger partial charge in [-0.2, -0.15) is 0 Å². The number of thioether (sulfide) groups is 1. The summed E-state index contributed by atoms with van der Waals surface area (Å²) in [4.78, 5) is 37.7. The van der Waals surface area contributed by atoms with E-state index in [2.05, 4.69) is 15.5 Å². The van der Waals surface area contributed by atoms with Gasteiger partial charge in [-0.1, -0.05) is 54.6 Å². The van der Waals surface area contributed by atoms with Gasteiger partial charge in [0.05, 0.1) is 5.75 Å². The number of nitrogens with one attached hydrogen (secondary N) is 1. The summed E-state index contributed by atoms with van der Waals surface area (Å²) in [6, 6.07) is 7.86. The highest BCUT2D eigenvalue weighted by atomic mass is 32.2. The van der Waals surface area contributed by atoms with Crippen LogP contribution in [0.15, 0.2) is 38.2 Å². The molecule has 164 valence electrons. The molecule has 0 spiro atoms. The second-order valence-corrected chi connectivity index (χ2v) is 9.69. The van der Waals surface area contributed by atoms with Gasteiger partial charge in [-0.15, -0.1) is 10.2 Å². The molecule has 1 aromatic carbocycles. The van der Waals surface area contributed by atoms with Crippen LogP contribution in [-0.4, -0.2) is 30.9 Å². The summed E-state index contributed by atoms with van der Waals surface area (Å²) in [5, 5.41) is 11.9. The molecule has 9 nitrogen and oxygen atoms in total. The molecule has 0 saturated heterocycles. The number of carbonyl (C=O) groups is 1. The number of anilines is 3. The molecule has 0 unspecified atom stereocenters. The minimum atomic E-state index is -0.688. The number of hydrogen-bond acceptors (Lipinski definition) is 9. The first-order chi connectivity index (χ1) is 14.7. The average Bonchev–Trinajstić information content (AvgIpc) is 3.17. The highest BCUT2D eigenvalue weighted by Crippen LogP contribution is 2.28. The van der Waals surface area contributed by atoms with Gasteiger partial charge >= 0.3 is 5.69 Å². The van der Waals surface area contributed by atoms with Gasteiger partial charge in [0.1, 0.15) is 11.4 Å². The molecular weight excluding hydrogens is 436 g/mol.